The van der Waals surface area contributed by atoms with Gasteiger partial charge in [-0.05, 0) is 35.2 Å². The predicted molar refractivity (Wildman–Crippen MR) is 131 cm³/mol. The van der Waals surface area contributed by atoms with Crippen molar-refractivity contribution in [3.63, 3.8) is 0 Å². The molecule has 0 radical (unpaired) electrons. The normalized spacial score (nSPS) is 11.5. The highest BCUT2D eigenvalue weighted by molar-refractivity contribution is 5.88. The molecule has 0 spiro atoms. The van der Waals surface area contributed by atoms with Gasteiger partial charge in [-0.3, -0.25) is 9.59 Å². The molecule has 1 atom stereocenters. The van der Waals surface area contributed by atoms with Crippen LogP contribution in [0.1, 0.15) is 30.0 Å². The molecule has 3 rings (SSSR count). The van der Waals surface area contributed by atoms with Gasteiger partial charge in [0, 0.05) is 25.9 Å². The smallest absolute Gasteiger partial charge is 0.243 e. The highest BCUT2D eigenvalue weighted by Crippen LogP contribution is 2.18. The summed E-state index contributed by atoms with van der Waals surface area (Å²) in [5, 5.41) is 3.06. The third-order valence-electron chi connectivity index (χ3n) is 5.64. The molecule has 1 N–H and O–H groups in total. The van der Waals surface area contributed by atoms with Gasteiger partial charge in [0.15, 0.2) is 0 Å². The molecule has 0 fully saturated rings. The average molecular weight is 445 g/mol. The number of nitrogens with zero attached hydrogens (tertiary/aromatic N) is 1. The second kappa shape index (κ2) is 12.4. The number of hydrogen-bond acceptors (Lipinski definition) is 3. The number of nitrogens with one attached hydrogen (secondary N) is 1. The van der Waals surface area contributed by atoms with Crippen LogP contribution in [0.5, 0.6) is 5.75 Å². The summed E-state index contributed by atoms with van der Waals surface area (Å²) in [4.78, 5) is 28.1. The van der Waals surface area contributed by atoms with E-state index in [9.17, 15) is 9.59 Å². The van der Waals surface area contributed by atoms with Crippen molar-refractivity contribution < 1.29 is 14.3 Å². The summed E-state index contributed by atoms with van der Waals surface area (Å²) in [5.74, 6) is 0.571. The van der Waals surface area contributed by atoms with Crippen LogP contribution in [0.3, 0.4) is 0 Å². The number of rotatable bonds is 11. The Labute approximate surface area is 196 Å². The van der Waals surface area contributed by atoms with E-state index in [1.54, 1.807) is 12.0 Å². The zero-order valence-corrected chi connectivity index (χ0v) is 19.4. The van der Waals surface area contributed by atoms with Crippen LogP contribution in [0.4, 0.5) is 0 Å². The first-order valence-corrected chi connectivity index (χ1v) is 11.4. The molecule has 5 nitrogen and oxygen atoms in total. The standard InChI is InChI=1S/C28H32N2O3/c1-3-27(31)30(21-24-14-16-25(33-2)17-15-24)26(20-23-12-8-5-9-13-23)28(32)29-19-18-22-10-6-4-7-11-22/h4-17,26H,3,18-21H2,1-2H3,(H,29,32)/t26-/m1/s1. The Balaban J connectivity index is 1.79. The summed E-state index contributed by atoms with van der Waals surface area (Å²) in [6.45, 7) is 2.71. The van der Waals surface area contributed by atoms with E-state index in [4.69, 9.17) is 4.74 Å². The third kappa shape index (κ3) is 7.21. The molecule has 0 bridgehead atoms. The Hall–Kier alpha value is -3.60. The lowest BCUT2D eigenvalue weighted by Gasteiger charge is -2.31. The van der Waals surface area contributed by atoms with E-state index in [0.29, 0.717) is 25.9 Å². The van der Waals surface area contributed by atoms with Gasteiger partial charge in [-0.15, -0.1) is 0 Å². The maximum Gasteiger partial charge on any atom is 0.243 e. The Kier molecular flexibility index (Phi) is 9.07. The van der Waals surface area contributed by atoms with Gasteiger partial charge in [0.2, 0.25) is 11.8 Å². The Morgan fingerprint density at radius 2 is 1.45 bits per heavy atom. The second-order valence-electron chi connectivity index (χ2n) is 7.96. The molecule has 0 aliphatic heterocycles. The van der Waals surface area contributed by atoms with Crippen molar-refractivity contribution in [2.24, 2.45) is 0 Å². The zero-order valence-electron chi connectivity index (χ0n) is 19.4. The lowest BCUT2D eigenvalue weighted by molar-refractivity contribution is -0.141. The molecule has 0 heterocycles. The number of carbonyl (C=O) groups is 2. The molecule has 0 aliphatic rings. The van der Waals surface area contributed by atoms with Crippen molar-refractivity contribution in [3.05, 3.63) is 102 Å². The lowest BCUT2D eigenvalue weighted by Crippen LogP contribution is -2.50. The highest BCUT2D eigenvalue weighted by Gasteiger charge is 2.29. The van der Waals surface area contributed by atoms with E-state index in [2.05, 4.69) is 5.32 Å². The zero-order chi connectivity index (χ0) is 23.5. The van der Waals surface area contributed by atoms with Gasteiger partial charge in [0.25, 0.3) is 0 Å². The Morgan fingerprint density at radius 3 is 2.03 bits per heavy atom. The number of methoxy groups -OCH3 is 1. The van der Waals surface area contributed by atoms with Crippen LogP contribution in [-0.4, -0.2) is 36.4 Å². The average Bonchev–Trinajstić information content (AvgIpc) is 2.87. The molecular weight excluding hydrogens is 412 g/mol. The van der Waals surface area contributed by atoms with E-state index in [1.165, 1.54) is 0 Å². The van der Waals surface area contributed by atoms with Gasteiger partial charge < -0.3 is 15.0 Å². The monoisotopic (exact) mass is 444 g/mol. The minimum absolute atomic E-state index is 0.0510. The molecule has 3 aromatic carbocycles. The number of benzene rings is 3. The summed E-state index contributed by atoms with van der Waals surface area (Å²) in [5.41, 5.74) is 3.13. The van der Waals surface area contributed by atoms with Crippen molar-refractivity contribution in [1.29, 1.82) is 0 Å². The first-order valence-electron chi connectivity index (χ1n) is 11.4. The molecule has 172 valence electrons. The van der Waals surface area contributed by atoms with Crippen molar-refractivity contribution >= 4 is 11.8 Å². The fraction of sp³-hybridized carbons (Fsp3) is 0.286. The van der Waals surface area contributed by atoms with Gasteiger partial charge in [0.05, 0.1) is 7.11 Å². The summed E-state index contributed by atoms with van der Waals surface area (Å²) in [7, 11) is 1.62. The molecule has 0 saturated carbocycles. The quantitative estimate of drug-likeness (QED) is 0.477. The topological polar surface area (TPSA) is 58.6 Å². The molecule has 5 heteroatoms. The summed E-state index contributed by atoms with van der Waals surface area (Å²) >= 11 is 0. The molecule has 0 aromatic heterocycles. The van der Waals surface area contributed by atoms with Crippen LogP contribution in [0.25, 0.3) is 0 Å². The predicted octanol–water partition coefficient (Wildman–Crippen LogP) is 4.40. The maximum atomic E-state index is 13.4. The number of ether oxygens (including phenoxy) is 1. The fourth-order valence-electron chi connectivity index (χ4n) is 3.78. The minimum atomic E-state index is -0.599. The third-order valence-corrected chi connectivity index (χ3v) is 5.64. The van der Waals surface area contributed by atoms with E-state index in [0.717, 1.165) is 28.9 Å². The lowest BCUT2D eigenvalue weighted by atomic mass is 10.0. The summed E-state index contributed by atoms with van der Waals surface area (Å²) in [6.07, 6.45) is 1.53. The fourth-order valence-corrected chi connectivity index (χ4v) is 3.78. The highest BCUT2D eigenvalue weighted by atomic mass is 16.5. The van der Waals surface area contributed by atoms with Crippen molar-refractivity contribution in [2.45, 2.75) is 38.8 Å². The van der Waals surface area contributed by atoms with Crippen molar-refractivity contribution in [2.75, 3.05) is 13.7 Å². The Morgan fingerprint density at radius 1 is 0.848 bits per heavy atom. The molecule has 0 unspecified atom stereocenters. The van der Waals surface area contributed by atoms with E-state index in [-0.39, 0.29) is 11.8 Å². The number of hydrogen-bond donors (Lipinski definition) is 1. The van der Waals surface area contributed by atoms with Gasteiger partial charge in [0.1, 0.15) is 11.8 Å². The van der Waals surface area contributed by atoms with Crippen molar-refractivity contribution in [3.8, 4) is 5.75 Å². The van der Waals surface area contributed by atoms with Crippen LogP contribution in [0.15, 0.2) is 84.9 Å². The molecule has 0 saturated heterocycles. The van der Waals surface area contributed by atoms with Gasteiger partial charge >= 0.3 is 0 Å². The first-order chi connectivity index (χ1) is 16.1. The van der Waals surface area contributed by atoms with E-state index < -0.39 is 6.04 Å². The molecule has 2 amide bonds. The maximum absolute atomic E-state index is 13.4. The molecule has 3 aromatic rings. The van der Waals surface area contributed by atoms with Gasteiger partial charge in [-0.2, -0.15) is 0 Å². The Bertz CT molecular complexity index is 1000. The second-order valence-corrected chi connectivity index (χ2v) is 7.96. The minimum Gasteiger partial charge on any atom is -0.497 e. The van der Waals surface area contributed by atoms with Crippen LogP contribution >= 0.6 is 0 Å². The first kappa shape index (κ1) is 24.1. The van der Waals surface area contributed by atoms with Crippen LogP contribution in [0.2, 0.25) is 0 Å². The van der Waals surface area contributed by atoms with Crippen LogP contribution in [-0.2, 0) is 29.0 Å². The number of carbonyl (C=O) groups excluding carboxylic acids is 2. The van der Waals surface area contributed by atoms with Crippen LogP contribution < -0.4 is 10.1 Å². The van der Waals surface area contributed by atoms with Crippen LogP contribution in [0, 0.1) is 0 Å². The SMILES string of the molecule is CCC(=O)N(Cc1ccc(OC)cc1)[C@H](Cc1ccccc1)C(=O)NCCc1ccccc1. The van der Waals surface area contributed by atoms with Gasteiger partial charge in [-0.1, -0.05) is 79.7 Å². The number of amides is 2. The summed E-state index contributed by atoms with van der Waals surface area (Å²) in [6, 6.07) is 26.9. The van der Waals surface area contributed by atoms with Crippen molar-refractivity contribution in [1.82, 2.24) is 10.2 Å². The van der Waals surface area contributed by atoms with E-state index >= 15 is 0 Å². The summed E-state index contributed by atoms with van der Waals surface area (Å²) < 4.78 is 5.24. The largest absolute Gasteiger partial charge is 0.497 e. The van der Waals surface area contributed by atoms with E-state index in [1.807, 2.05) is 91.9 Å². The molecular formula is C28H32N2O3. The van der Waals surface area contributed by atoms with Gasteiger partial charge in [-0.25, -0.2) is 0 Å². The molecule has 33 heavy (non-hydrogen) atoms. The molecule has 0 aliphatic carbocycles.